The van der Waals surface area contributed by atoms with Crippen molar-refractivity contribution in [2.24, 2.45) is 0 Å². The van der Waals surface area contributed by atoms with Gasteiger partial charge in [-0.2, -0.15) is 5.26 Å². The van der Waals surface area contributed by atoms with Crippen molar-refractivity contribution in [3.05, 3.63) is 28.8 Å². The first-order valence-electron chi connectivity index (χ1n) is 5.78. The maximum atomic E-state index is 11.3. The van der Waals surface area contributed by atoms with E-state index in [2.05, 4.69) is 0 Å². The number of nitriles is 1. The van der Waals surface area contributed by atoms with Crippen LogP contribution in [0, 0.1) is 11.3 Å². The number of nitrogens with zero attached hydrogens (tertiary/aromatic N) is 2. The lowest BCUT2D eigenvalue weighted by atomic mass is 10.1. The second-order valence-electron chi connectivity index (χ2n) is 4.38. The molecule has 0 aliphatic carbocycles. The van der Waals surface area contributed by atoms with Crippen molar-refractivity contribution < 1.29 is 14.6 Å². The van der Waals surface area contributed by atoms with Gasteiger partial charge in [0.05, 0.1) is 28.4 Å². The number of methoxy groups -OCH3 is 1. The molecule has 100 valence electrons. The standard InChI is InChI=1S/C13H13ClN2O3/c1-19-9-5-12(13(17)18)16(7-9)11-3-2-8(6-15)4-10(11)14/h2-4,9,12H,5,7H2,1H3,(H,17,18). The van der Waals surface area contributed by atoms with Crippen molar-refractivity contribution in [3.8, 4) is 6.07 Å². The van der Waals surface area contributed by atoms with Gasteiger partial charge in [-0.25, -0.2) is 4.79 Å². The highest BCUT2D eigenvalue weighted by molar-refractivity contribution is 6.33. The van der Waals surface area contributed by atoms with Gasteiger partial charge in [-0.15, -0.1) is 0 Å². The van der Waals surface area contributed by atoms with Gasteiger partial charge in [-0.3, -0.25) is 0 Å². The number of hydrogen-bond donors (Lipinski definition) is 1. The third kappa shape index (κ3) is 2.65. The topological polar surface area (TPSA) is 73.6 Å². The molecule has 1 aromatic carbocycles. The van der Waals surface area contributed by atoms with Crippen LogP contribution in [0.1, 0.15) is 12.0 Å². The van der Waals surface area contributed by atoms with Crippen LogP contribution >= 0.6 is 11.6 Å². The van der Waals surface area contributed by atoms with Gasteiger partial charge < -0.3 is 14.7 Å². The zero-order valence-electron chi connectivity index (χ0n) is 10.3. The number of anilines is 1. The SMILES string of the molecule is COC1CC(C(=O)O)N(c2ccc(C#N)cc2Cl)C1. The normalized spacial score (nSPS) is 22.3. The Balaban J connectivity index is 2.34. The second-order valence-corrected chi connectivity index (χ2v) is 4.79. The van der Waals surface area contributed by atoms with Crippen molar-refractivity contribution in [1.82, 2.24) is 0 Å². The number of benzene rings is 1. The summed E-state index contributed by atoms with van der Waals surface area (Å²) in [5.41, 5.74) is 1.07. The first-order chi connectivity index (χ1) is 9.06. The number of aliphatic carboxylic acids is 1. The summed E-state index contributed by atoms with van der Waals surface area (Å²) in [6.45, 7) is 0.471. The lowest BCUT2D eigenvalue weighted by Crippen LogP contribution is -2.36. The molecule has 19 heavy (non-hydrogen) atoms. The van der Waals surface area contributed by atoms with Crippen LogP contribution in [0.15, 0.2) is 18.2 Å². The highest BCUT2D eigenvalue weighted by Crippen LogP contribution is 2.33. The van der Waals surface area contributed by atoms with Gasteiger partial charge in [-0.1, -0.05) is 11.6 Å². The average Bonchev–Trinajstić information content (AvgIpc) is 2.82. The fraction of sp³-hybridized carbons (Fsp3) is 0.385. The van der Waals surface area contributed by atoms with Crippen LogP contribution in [0.25, 0.3) is 0 Å². The Bertz CT molecular complexity index is 541. The van der Waals surface area contributed by atoms with E-state index in [9.17, 15) is 9.90 Å². The third-order valence-electron chi connectivity index (χ3n) is 3.27. The van der Waals surface area contributed by atoms with Crippen molar-refractivity contribution in [3.63, 3.8) is 0 Å². The Morgan fingerprint density at radius 3 is 2.89 bits per heavy atom. The predicted octanol–water partition coefficient (Wildman–Crippen LogP) is 1.89. The van der Waals surface area contributed by atoms with Crippen LogP contribution in [-0.4, -0.2) is 36.9 Å². The van der Waals surface area contributed by atoms with Crippen LogP contribution in [-0.2, 0) is 9.53 Å². The molecule has 0 amide bonds. The van der Waals surface area contributed by atoms with Gasteiger partial charge in [0.2, 0.25) is 0 Å². The Labute approximate surface area is 116 Å². The first-order valence-corrected chi connectivity index (χ1v) is 6.16. The second kappa shape index (κ2) is 5.47. The van der Waals surface area contributed by atoms with E-state index >= 15 is 0 Å². The van der Waals surface area contributed by atoms with Crippen LogP contribution < -0.4 is 4.90 Å². The van der Waals surface area contributed by atoms with Gasteiger partial charge >= 0.3 is 5.97 Å². The molecule has 1 N–H and O–H groups in total. The van der Waals surface area contributed by atoms with Crippen LogP contribution in [0.3, 0.4) is 0 Å². The molecule has 2 rings (SSSR count). The molecule has 5 nitrogen and oxygen atoms in total. The number of ether oxygens (including phenoxy) is 1. The van der Waals surface area contributed by atoms with E-state index in [0.29, 0.717) is 29.2 Å². The summed E-state index contributed by atoms with van der Waals surface area (Å²) < 4.78 is 5.23. The number of carbonyl (C=O) groups is 1. The van der Waals surface area contributed by atoms with E-state index in [1.54, 1.807) is 24.1 Å². The molecule has 1 aliphatic heterocycles. The minimum atomic E-state index is -0.903. The molecule has 6 heteroatoms. The number of carboxylic acids is 1. The van der Waals surface area contributed by atoms with Crippen molar-refractivity contribution in [1.29, 1.82) is 5.26 Å². The molecule has 1 aromatic rings. The average molecular weight is 281 g/mol. The van der Waals surface area contributed by atoms with Crippen LogP contribution in [0.4, 0.5) is 5.69 Å². The number of rotatable bonds is 3. The molecule has 1 fully saturated rings. The molecule has 2 unspecified atom stereocenters. The summed E-state index contributed by atoms with van der Waals surface area (Å²) in [5, 5.41) is 18.4. The summed E-state index contributed by atoms with van der Waals surface area (Å²) in [5.74, 6) is -0.903. The fourth-order valence-corrected chi connectivity index (χ4v) is 2.57. The highest BCUT2D eigenvalue weighted by atomic mass is 35.5. The molecule has 0 aromatic heterocycles. The lowest BCUT2D eigenvalue weighted by Gasteiger charge is -2.24. The van der Waals surface area contributed by atoms with Gasteiger partial charge in [0.1, 0.15) is 6.04 Å². The molecule has 0 bridgehead atoms. The molecule has 0 spiro atoms. The lowest BCUT2D eigenvalue weighted by molar-refractivity contribution is -0.138. The third-order valence-corrected chi connectivity index (χ3v) is 3.57. The summed E-state index contributed by atoms with van der Waals surface area (Å²) in [4.78, 5) is 13.0. The number of halogens is 1. The van der Waals surface area contributed by atoms with E-state index in [1.165, 1.54) is 6.07 Å². The van der Waals surface area contributed by atoms with E-state index in [4.69, 9.17) is 21.6 Å². The molecule has 0 saturated carbocycles. The summed E-state index contributed by atoms with van der Waals surface area (Å²) in [6, 6.07) is 6.18. The number of carboxylic acid groups (broad SMARTS) is 1. The van der Waals surface area contributed by atoms with Gasteiger partial charge in [0, 0.05) is 20.1 Å². The predicted molar refractivity (Wildman–Crippen MR) is 70.4 cm³/mol. The molecular formula is C13H13ClN2O3. The molecule has 1 heterocycles. The highest BCUT2D eigenvalue weighted by Gasteiger charge is 2.37. The Kier molecular flexibility index (Phi) is 3.93. The van der Waals surface area contributed by atoms with E-state index in [-0.39, 0.29) is 6.10 Å². The Morgan fingerprint density at radius 2 is 2.37 bits per heavy atom. The molecule has 1 aliphatic rings. The van der Waals surface area contributed by atoms with Crippen LogP contribution in [0.2, 0.25) is 5.02 Å². The minimum Gasteiger partial charge on any atom is -0.480 e. The summed E-state index contributed by atoms with van der Waals surface area (Å²) in [6.07, 6.45) is 0.287. The van der Waals surface area contributed by atoms with E-state index < -0.39 is 12.0 Å². The minimum absolute atomic E-state index is 0.132. The summed E-state index contributed by atoms with van der Waals surface area (Å²) in [7, 11) is 1.56. The first kappa shape index (κ1) is 13.7. The van der Waals surface area contributed by atoms with E-state index in [0.717, 1.165) is 0 Å². The van der Waals surface area contributed by atoms with Gasteiger partial charge in [0.15, 0.2) is 0 Å². The monoisotopic (exact) mass is 280 g/mol. The Hall–Kier alpha value is -1.77. The van der Waals surface area contributed by atoms with Crippen molar-refractivity contribution in [2.75, 3.05) is 18.6 Å². The molecule has 2 atom stereocenters. The zero-order chi connectivity index (χ0) is 14.0. The van der Waals surface area contributed by atoms with E-state index in [1.807, 2.05) is 6.07 Å². The maximum absolute atomic E-state index is 11.3. The largest absolute Gasteiger partial charge is 0.480 e. The van der Waals surface area contributed by atoms with Gasteiger partial charge in [-0.05, 0) is 18.2 Å². The summed E-state index contributed by atoms with van der Waals surface area (Å²) >= 11 is 6.12. The quantitative estimate of drug-likeness (QED) is 0.915. The maximum Gasteiger partial charge on any atom is 0.326 e. The van der Waals surface area contributed by atoms with Crippen molar-refractivity contribution >= 4 is 23.3 Å². The molecule has 0 radical (unpaired) electrons. The van der Waals surface area contributed by atoms with Crippen LogP contribution in [0.5, 0.6) is 0 Å². The fourth-order valence-electron chi connectivity index (χ4n) is 2.28. The van der Waals surface area contributed by atoms with Gasteiger partial charge in [0.25, 0.3) is 0 Å². The molecule has 1 saturated heterocycles. The smallest absolute Gasteiger partial charge is 0.326 e. The zero-order valence-corrected chi connectivity index (χ0v) is 11.1. The Morgan fingerprint density at radius 1 is 1.63 bits per heavy atom. The number of hydrogen-bond acceptors (Lipinski definition) is 4. The molecular weight excluding hydrogens is 268 g/mol. The van der Waals surface area contributed by atoms with Crippen molar-refractivity contribution in [2.45, 2.75) is 18.6 Å².